The second-order valence-electron chi connectivity index (χ2n) is 5.20. The molecule has 0 aliphatic heterocycles. The van der Waals surface area contributed by atoms with Gasteiger partial charge in [-0.1, -0.05) is 54.5 Å². The first-order chi connectivity index (χ1) is 11.8. The number of carbonyl (C=O) groups excluding carboxylic acids is 1. The maximum atomic E-state index is 11.8. The highest BCUT2D eigenvalue weighted by molar-refractivity contribution is 5.92. The van der Waals surface area contributed by atoms with E-state index in [1.54, 1.807) is 7.11 Å². The van der Waals surface area contributed by atoms with E-state index in [0.29, 0.717) is 0 Å². The number of hydrogen-bond donors (Lipinski definition) is 0. The molecular weight excluding hydrogens is 300 g/mol. The smallest absolute Gasteiger partial charge is 0.385 e. The van der Waals surface area contributed by atoms with Crippen LogP contribution >= 0.6 is 0 Å². The zero-order valence-electron chi connectivity index (χ0n) is 13.3. The SMILES string of the molecule is COc1ccc(COC(=O)C#Cc2cccc3ccccc23)cc1. The Morgan fingerprint density at radius 3 is 2.50 bits per heavy atom. The molecule has 0 saturated heterocycles. The van der Waals surface area contributed by atoms with Crippen molar-refractivity contribution in [2.45, 2.75) is 6.61 Å². The van der Waals surface area contributed by atoms with Crippen molar-refractivity contribution < 1.29 is 14.3 Å². The van der Waals surface area contributed by atoms with Crippen LogP contribution in [-0.2, 0) is 16.1 Å². The number of fused-ring (bicyclic) bond motifs is 1. The third-order valence-electron chi connectivity index (χ3n) is 3.62. The van der Waals surface area contributed by atoms with Crippen molar-refractivity contribution in [1.82, 2.24) is 0 Å². The van der Waals surface area contributed by atoms with Gasteiger partial charge in [0.2, 0.25) is 0 Å². The van der Waals surface area contributed by atoms with E-state index in [1.165, 1.54) is 0 Å². The summed E-state index contributed by atoms with van der Waals surface area (Å²) in [7, 11) is 1.61. The molecule has 118 valence electrons. The first-order valence-electron chi connectivity index (χ1n) is 7.56. The molecule has 3 rings (SSSR count). The summed E-state index contributed by atoms with van der Waals surface area (Å²) in [6.07, 6.45) is 0. The first kappa shape index (κ1) is 15.6. The number of carbonyl (C=O) groups is 1. The average molecular weight is 316 g/mol. The lowest BCUT2D eigenvalue weighted by Crippen LogP contribution is -2.01. The Morgan fingerprint density at radius 1 is 0.958 bits per heavy atom. The second kappa shape index (κ2) is 7.34. The number of ether oxygens (including phenoxy) is 2. The fourth-order valence-corrected chi connectivity index (χ4v) is 2.36. The van der Waals surface area contributed by atoms with Crippen LogP contribution in [0.15, 0.2) is 66.7 Å². The Hall–Kier alpha value is -3.25. The highest BCUT2D eigenvalue weighted by Gasteiger charge is 2.01. The van der Waals surface area contributed by atoms with Crippen LogP contribution in [0.2, 0.25) is 0 Å². The molecule has 0 aliphatic rings. The van der Waals surface area contributed by atoms with Gasteiger partial charge in [0.1, 0.15) is 12.4 Å². The summed E-state index contributed by atoms with van der Waals surface area (Å²) in [6, 6.07) is 21.1. The Labute approximate surface area is 140 Å². The summed E-state index contributed by atoms with van der Waals surface area (Å²) in [5, 5.41) is 2.12. The standard InChI is InChI=1S/C21H16O3/c1-23-19-12-9-16(10-13-19)15-24-21(22)14-11-18-7-4-6-17-5-2-3-8-20(17)18/h2-10,12-13H,15H2,1H3. The number of rotatable bonds is 3. The summed E-state index contributed by atoms with van der Waals surface area (Å²) in [5.74, 6) is 5.67. The molecule has 0 aliphatic carbocycles. The molecule has 3 heteroatoms. The van der Waals surface area contributed by atoms with Crippen LogP contribution in [0.3, 0.4) is 0 Å². The molecule has 0 spiro atoms. The maximum Gasteiger partial charge on any atom is 0.385 e. The number of benzene rings is 3. The molecular formula is C21H16O3. The minimum Gasteiger partial charge on any atom is -0.497 e. The van der Waals surface area contributed by atoms with Crippen molar-refractivity contribution in [3.63, 3.8) is 0 Å². The molecule has 0 radical (unpaired) electrons. The van der Waals surface area contributed by atoms with E-state index in [-0.39, 0.29) is 6.61 Å². The Kier molecular flexibility index (Phi) is 4.78. The number of methoxy groups -OCH3 is 1. The van der Waals surface area contributed by atoms with Crippen LogP contribution in [-0.4, -0.2) is 13.1 Å². The van der Waals surface area contributed by atoms with Gasteiger partial charge < -0.3 is 9.47 Å². The van der Waals surface area contributed by atoms with E-state index in [4.69, 9.17) is 9.47 Å². The van der Waals surface area contributed by atoms with Crippen LogP contribution in [0.1, 0.15) is 11.1 Å². The largest absolute Gasteiger partial charge is 0.497 e. The molecule has 3 nitrogen and oxygen atoms in total. The van der Waals surface area contributed by atoms with Gasteiger partial charge in [-0.05, 0) is 34.5 Å². The molecule has 0 bridgehead atoms. The monoisotopic (exact) mass is 316 g/mol. The van der Waals surface area contributed by atoms with Gasteiger partial charge in [-0.15, -0.1) is 0 Å². The van der Waals surface area contributed by atoms with Gasteiger partial charge in [0.05, 0.1) is 7.11 Å². The molecule has 0 N–H and O–H groups in total. The van der Waals surface area contributed by atoms with Gasteiger partial charge in [0.15, 0.2) is 0 Å². The lowest BCUT2D eigenvalue weighted by atomic mass is 10.1. The molecule has 0 atom stereocenters. The molecule has 0 amide bonds. The summed E-state index contributed by atoms with van der Waals surface area (Å²) < 4.78 is 10.3. The predicted octanol–water partition coefficient (Wildman–Crippen LogP) is 3.94. The minimum atomic E-state index is -0.543. The van der Waals surface area contributed by atoms with Crippen molar-refractivity contribution in [2.24, 2.45) is 0 Å². The summed E-state index contributed by atoms with van der Waals surface area (Å²) in [5.41, 5.74) is 1.70. The van der Waals surface area contributed by atoms with Gasteiger partial charge in [-0.2, -0.15) is 0 Å². The van der Waals surface area contributed by atoms with E-state index in [1.807, 2.05) is 66.7 Å². The Bertz CT molecular complexity index is 910. The highest BCUT2D eigenvalue weighted by atomic mass is 16.5. The van der Waals surface area contributed by atoms with Crippen molar-refractivity contribution in [3.05, 3.63) is 77.9 Å². The zero-order valence-corrected chi connectivity index (χ0v) is 13.3. The topological polar surface area (TPSA) is 35.5 Å². The summed E-state index contributed by atoms with van der Waals surface area (Å²) in [4.78, 5) is 11.8. The lowest BCUT2D eigenvalue weighted by molar-refractivity contribution is -0.137. The zero-order chi connectivity index (χ0) is 16.8. The normalized spacial score (nSPS) is 9.88. The first-order valence-corrected chi connectivity index (χ1v) is 7.56. The minimum absolute atomic E-state index is 0.188. The maximum absolute atomic E-state index is 11.8. The van der Waals surface area contributed by atoms with Crippen molar-refractivity contribution in [3.8, 4) is 17.6 Å². The predicted molar refractivity (Wildman–Crippen MR) is 93.6 cm³/mol. The molecule has 3 aromatic rings. The molecule has 0 aromatic heterocycles. The second-order valence-corrected chi connectivity index (χ2v) is 5.20. The fourth-order valence-electron chi connectivity index (χ4n) is 2.36. The van der Waals surface area contributed by atoms with E-state index < -0.39 is 5.97 Å². The van der Waals surface area contributed by atoms with Crippen molar-refractivity contribution in [2.75, 3.05) is 7.11 Å². The third kappa shape index (κ3) is 3.74. The van der Waals surface area contributed by atoms with E-state index in [0.717, 1.165) is 27.6 Å². The molecule has 3 aromatic carbocycles. The molecule has 24 heavy (non-hydrogen) atoms. The quantitative estimate of drug-likeness (QED) is 0.542. The van der Waals surface area contributed by atoms with Crippen LogP contribution < -0.4 is 4.74 Å². The van der Waals surface area contributed by atoms with Crippen LogP contribution in [0.25, 0.3) is 10.8 Å². The Morgan fingerprint density at radius 2 is 1.71 bits per heavy atom. The average Bonchev–Trinajstić information content (AvgIpc) is 2.65. The van der Waals surface area contributed by atoms with Gasteiger partial charge in [-0.25, -0.2) is 4.79 Å². The van der Waals surface area contributed by atoms with Gasteiger partial charge in [0, 0.05) is 11.5 Å². The highest BCUT2D eigenvalue weighted by Crippen LogP contribution is 2.17. The third-order valence-corrected chi connectivity index (χ3v) is 3.62. The van der Waals surface area contributed by atoms with E-state index in [2.05, 4.69) is 11.8 Å². The number of esters is 1. The molecule has 0 saturated carbocycles. The van der Waals surface area contributed by atoms with Gasteiger partial charge in [0.25, 0.3) is 0 Å². The molecule has 0 unspecified atom stereocenters. The van der Waals surface area contributed by atoms with Gasteiger partial charge in [-0.3, -0.25) is 0 Å². The number of hydrogen-bond acceptors (Lipinski definition) is 3. The molecule has 0 heterocycles. The van der Waals surface area contributed by atoms with Gasteiger partial charge >= 0.3 is 5.97 Å². The lowest BCUT2D eigenvalue weighted by Gasteiger charge is -2.03. The van der Waals surface area contributed by atoms with Crippen molar-refractivity contribution in [1.29, 1.82) is 0 Å². The molecule has 0 fully saturated rings. The van der Waals surface area contributed by atoms with Crippen LogP contribution in [0.5, 0.6) is 5.75 Å². The summed E-state index contributed by atoms with van der Waals surface area (Å²) >= 11 is 0. The van der Waals surface area contributed by atoms with E-state index in [9.17, 15) is 4.79 Å². The Balaban J connectivity index is 1.67. The summed E-state index contributed by atoms with van der Waals surface area (Å²) in [6.45, 7) is 0.188. The van der Waals surface area contributed by atoms with Crippen molar-refractivity contribution >= 4 is 16.7 Å². The van der Waals surface area contributed by atoms with Crippen LogP contribution in [0.4, 0.5) is 0 Å². The van der Waals surface area contributed by atoms with E-state index >= 15 is 0 Å². The van der Waals surface area contributed by atoms with Crippen LogP contribution in [0, 0.1) is 11.8 Å². The fraction of sp³-hybridized carbons (Fsp3) is 0.0952.